The lowest BCUT2D eigenvalue weighted by Gasteiger charge is -2.23. The summed E-state index contributed by atoms with van der Waals surface area (Å²) in [6, 6.07) is -0.0944. The molecule has 0 aliphatic rings. The molecule has 5 nitrogen and oxygen atoms in total. The SMILES string of the molecule is CCNC(=O)N(CC)CC(C)C(=N)N. The predicted octanol–water partition coefficient (Wildman–Crippen LogP) is 0.610. The van der Waals surface area contributed by atoms with Crippen LogP contribution in [0.4, 0.5) is 4.79 Å². The van der Waals surface area contributed by atoms with Gasteiger partial charge in [0, 0.05) is 25.6 Å². The average molecular weight is 200 g/mol. The van der Waals surface area contributed by atoms with Crippen molar-refractivity contribution in [3.63, 3.8) is 0 Å². The van der Waals surface area contributed by atoms with E-state index < -0.39 is 0 Å². The average Bonchev–Trinajstić information content (AvgIpc) is 2.13. The highest BCUT2D eigenvalue weighted by Crippen LogP contribution is 1.99. The van der Waals surface area contributed by atoms with Crippen LogP contribution < -0.4 is 11.1 Å². The molecule has 0 heterocycles. The zero-order valence-corrected chi connectivity index (χ0v) is 9.13. The smallest absolute Gasteiger partial charge is 0.317 e. The number of carbonyl (C=O) groups is 1. The summed E-state index contributed by atoms with van der Waals surface area (Å²) in [6.45, 7) is 7.36. The van der Waals surface area contributed by atoms with Gasteiger partial charge in [0.1, 0.15) is 0 Å². The third kappa shape index (κ3) is 4.11. The van der Waals surface area contributed by atoms with Gasteiger partial charge in [-0.25, -0.2) is 4.79 Å². The first-order valence-electron chi connectivity index (χ1n) is 4.89. The Kier molecular flexibility index (Phi) is 5.67. The van der Waals surface area contributed by atoms with Crippen LogP contribution in [0.1, 0.15) is 20.8 Å². The molecule has 0 rings (SSSR count). The van der Waals surface area contributed by atoms with Crippen molar-refractivity contribution in [3.8, 4) is 0 Å². The van der Waals surface area contributed by atoms with Crippen molar-refractivity contribution in [3.05, 3.63) is 0 Å². The number of nitrogens with zero attached hydrogens (tertiary/aromatic N) is 1. The molecular formula is C9H20N4O. The Balaban J connectivity index is 4.14. The van der Waals surface area contributed by atoms with Crippen molar-refractivity contribution in [1.82, 2.24) is 10.2 Å². The van der Waals surface area contributed by atoms with Gasteiger partial charge in [-0.05, 0) is 13.8 Å². The number of urea groups is 1. The Morgan fingerprint density at radius 1 is 1.57 bits per heavy atom. The van der Waals surface area contributed by atoms with Crippen molar-refractivity contribution in [1.29, 1.82) is 5.41 Å². The topological polar surface area (TPSA) is 82.2 Å². The highest BCUT2D eigenvalue weighted by molar-refractivity contribution is 5.80. The van der Waals surface area contributed by atoms with Gasteiger partial charge in [-0.3, -0.25) is 5.41 Å². The van der Waals surface area contributed by atoms with Gasteiger partial charge >= 0.3 is 6.03 Å². The van der Waals surface area contributed by atoms with Crippen molar-refractivity contribution < 1.29 is 4.79 Å². The molecular weight excluding hydrogens is 180 g/mol. The summed E-state index contributed by atoms with van der Waals surface area (Å²) < 4.78 is 0. The highest BCUT2D eigenvalue weighted by Gasteiger charge is 2.15. The summed E-state index contributed by atoms with van der Waals surface area (Å²) in [5, 5.41) is 9.95. The maximum absolute atomic E-state index is 11.4. The van der Waals surface area contributed by atoms with E-state index in [4.69, 9.17) is 11.1 Å². The van der Waals surface area contributed by atoms with E-state index in [9.17, 15) is 4.79 Å². The van der Waals surface area contributed by atoms with E-state index in [2.05, 4.69) is 5.32 Å². The molecule has 1 unspecified atom stereocenters. The Morgan fingerprint density at radius 3 is 2.50 bits per heavy atom. The van der Waals surface area contributed by atoms with Gasteiger partial charge in [0.2, 0.25) is 0 Å². The molecule has 0 saturated heterocycles. The molecule has 1 atom stereocenters. The maximum Gasteiger partial charge on any atom is 0.317 e. The van der Waals surface area contributed by atoms with E-state index in [1.54, 1.807) is 4.90 Å². The number of hydrogen-bond donors (Lipinski definition) is 3. The molecule has 0 aromatic rings. The minimum atomic E-state index is -0.0944. The van der Waals surface area contributed by atoms with Crippen molar-refractivity contribution in [2.24, 2.45) is 11.7 Å². The fraction of sp³-hybridized carbons (Fsp3) is 0.778. The first-order chi connectivity index (χ1) is 6.52. The summed E-state index contributed by atoms with van der Waals surface area (Å²) in [7, 11) is 0. The van der Waals surface area contributed by atoms with E-state index in [-0.39, 0.29) is 17.8 Å². The third-order valence-corrected chi connectivity index (χ3v) is 2.02. The van der Waals surface area contributed by atoms with Crippen molar-refractivity contribution in [2.75, 3.05) is 19.6 Å². The minimum Gasteiger partial charge on any atom is -0.387 e. The molecule has 0 saturated carbocycles. The number of amides is 2. The zero-order chi connectivity index (χ0) is 11.1. The lowest BCUT2D eigenvalue weighted by molar-refractivity contribution is 0.198. The van der Waals surface area contributed by atoms with Gasteiger partial charge < -0.3 is 16.0 Å². The van der Waals surface area contributed by atoms with E-state index >= 15 is 0 Å². The zero-order valence-electron chi connectivity index (χ0n) is 9.13. The first-order valence-corrected chi connectivity index (χ1v) is 4.89. The summed E-state index contributed by atoms with van der Waals surface area (Å²) in [5.41, 5.74) is 5.34. The Bertz CT molecular complexity index is 205. The van der Waals surface area contributed by atoms with E-state index in [0.717, 1.165) is 0 Å². The quantitative estimate of drug-likeness (QED) is 0.449. The second kappa shape index (κ2) is 6.23. The fourth-order valence-electron chi connectivity index (χ4n) is 1.05. The van der Waals surface area contributed by atoms with E-state index in [0.29, 0.717) is 19.6 Å². The minimum absolute atomic E-state index is 0.0856. The van der Waals surface area contributed by atoms with Crippen LogP contribution in [0.2, 0.25) is 0 Å². The summed E-state index contributed by atoms with van der Waals surface area (Å²) in [6.07, 6.45) is 0. The molecule has 0 aromatic heterocycles. The second-order valence-corrected chi connectivity index (χ2v) is 3.23. The number of carbonyl (C=O) groups excluding carboxylic acids is 1. The van der Waals surface area contributed by atoms with Crippen LogP contribution in [0.15, 0.2) is 0 Å². The van der Waals surface area contributed by atoms with Gasteiger partial charge in [-0.2, -0.15) is 0 Å². The van der Waals surface area contributed by atoms with E-state index in [1.165, 1.54) is 0 Å². The molecule has 0 fully saturated rings. The normalized spacial score (nSPS) is 11.9. The summed E-state index contributed by atoms with van der Waals surface area (Å²) in [4.78, 5) is 13.1. The third-order valence-electron chi connectivity index (χ3n) is 2.02. The molecule has 0 spiro atoms. The van der Waals surface area contributed by atoms with Crippen molar-refractivity contribution >= 4 is 11.9 Å². The number of nitrogens with one attached hydrogen (secondary N) is 2. The fourth-order valence-corrected chi connectivity index (χ4v) is 1.05. The number of amidine groups is 1. The first kappa shape index (κ1) is 12.7. The van der Waals surface area contributed by atoms with Crippen molar-refractivity contribution in [2.45, 2.75) is 20.8 Å². The summed E-state index contributed by atoms with van der Waals surface area (Å²) >= 11 is 0. The maximum atomic E-state index is 11.4. The van der Waals surface area contributed by atoms with Gasteiger partial charge in [-0.1, -0.05) is 6.92 Å². The highest BCUT2D eigenvalue weighted by atomic mass is 16.2. The van der Waals surface area contributed by atoms with E-state index in [1.807, 2.05) is 20.8 Å². The van der Waals surface area contributed by atoms with Gasteiger partial charge in [0.05, 0.1) is 5.84 Å². The summed E-state index contributed by atoms with van der Waals surface area (Å²) in [5.74, 6) is 0.0327. The Morgan fingerprint density at radius 2 is 2.14 bits per heavy atom. The van der Waals surface area contributed by atoms with Crippen LogP contribution >= 0.6 is 0 Å². The van der Waals surface area contributed by atoms with Crippen LogP contribution in [0, 0.1) is 11.3 Å². The van der Waals surface area contributed by atoms with Crippen LogP contribution in [-0.4, -0.2) is 36.4 Å². The van der Waals surface area contributed by atoms with Gasteiger partial charge in [-0.15, -0.1) is 0 Å². The Labute approximate surface area is 85.2 Å². The molecule has 0 aliphatic carbocycles. The largest absolute Gasteiger partial charge is 0.387 e. The molecule has 5 heteroatoms. The molecule has 2 amide bonds. The molecule has 14 heavy (non-hydrogen) atoms. The standard InChI is InChI=1S/C9H20N4O/c1-4-12-9(14)13(5-2)6-7(3)8(10)11/h7H,4-6H2,1-3H3,(H3,10,11)(H,12,14). The Hall–Kier alpha value is -1.26. The lowest BCUT2D eigenvalue weighted by Crippen LogP contribution is -2.43. The van der Waals surface area contributed by atoms with Crippen LogP contribution in [0.5, 0.6) is 0 Å². The lowest BCUT2D eigenvalue weighted by atomic mass is 10.1. The van der Waals surface area contributed by atoms with Crippen LogP contribution in [0.3, 0.4) is 0 Å². The van der Waals surface area contributed by atoms with Gasteiger partial charge in [0.25, 0.3) is 0 Å². The molecule has 0 bridgehead atoms. The number of nitrogens with two attached hydrogens (primary N) is 1. The number of hydrogen-bond acceptors (Lipinski definition) is 2. The molecule has 0 radical (unpaired) electrons. The molecule has 0 aliphatic heterocycles. The number of rotatable bonds is 5. The van der Waals surface area contributed by atoms with Gasteiger partial charge in [0.15, 0.2) is 0 Å². The second-order valence-electron chi connectivity index (χ2n) is 3.23. The van der Waals surface area contributed by atoms with Crippen LogP contribution in [-0.2, 0) is 0 Å². The molecule has 4 N–H and O–H groups in total. The predicted molar refractivity (Wildman–Crippen MR) is 57.4 cm³/mol. The molecule has 0 aromatic carbocycles. The molecule has 82 valence electrons. The monoisotopic (exact) mass is 200 g/mol. The van der Waals surface area contributed by atoms with Crippen LogP contribution in [0.25, 0.3) is 0 Å².